The Hall–Kier alpha value is -2.89. The van der Waals surface area contributed by atoms with Gasteiger partial charge in [0.25, 0.3) is 0 Å². The predicted molar refractivity (Wildman–Crippen MR) is 119 cm³/mol. The average Bonchev–Trinajstić information content (AvgIpc) is 3.22. The largest absolute Gasteiger partial charge is 0.480 e. The Kier molecular flexibility index (Phi) is 10.9. The van der Waals surface area contributed by atoms with E-state index in [1.807, 2.05) is 6.92 Å². The molecule has 0 saturated carbocycles. The van der Waals surface area contributed by atoms with E-state index >= 15 is 0 Å². The van der Waals surface area contributed by atoms with Gasteiger partial charge in [-0.15, -0.1) is 0 Å². The van der Waals surface area contributed by atoms with E-state index in [1.54, 1.807) is 13.8 Å². The van der Waals surface area contributed by atoms with Crippen molar-refractivity contribution in [2.75, 3.05) is 13.1 Å². The third-order valence-electron chi connectivity index (χ3n) is 5.58. The van der Waals surface area contributed by atoms with Gasteiger partial charge in [0.1, 0.15) is 18.1 Å². The van der Waals surface area contributed by atoms with Gasteiger partial charge in [0.05, 0.1) is 6.04 Å². The minimum Gasteiger partial charge on any atom is -0.480 e. The van der Waals surface area contributed by atoms with E-state index in [9.17, 15) is 24.3 Å². The zero-order chi connectivity index (χ0) is 24.4. The number of carboxylic acids is 1. The molecule has 0 radical (unpaired) electrons. The highest BCUT2D eigenvalue weighted by Crippen LogP contribution is 2.19. The molecule has 1 fully saturated rings. The number of carbonyl (C=O) groups excluding carboxylic acids is 3. The summed E-state index contributed by atoms with van der Waals surface area (Å²) in [7, 11) is 0. The fraction of sp³-hybridized carbons (Fsp3) is 0.750. The minimum absolute atomic E-state index is 0.0891. The minimum atomic E-state index is -1.15. The predicted octanol–water partition coefficient (Wildman–Crippen LogP) is -1.52. The Balaban J connectivity index is 2.95. The number of carboxylic acid groups (broad SMARTS) is 1. The number of nitrogens with one attached hydrogen (secondary N) is 2. The maximum absolute atomic E-state index is 12.9. The van der Waals surface area contributed by atoms with Crippen LogP contribution in [0.2, 0.25) is 0 Å². The second-order valence-electron chi connectivity index (χ2n) is 8.20. The van der Waals surface area contributed by atoms with Crippen molar-refractivity contribution in [3.05, 3.63) is 0 Å². The summed E-state index contributed by atoms with van der Waals surface area (Å²) < 4.78 is 0. The van der Waals surface area contributed by atoms with Crippen LogP contribution in [-0.4, -0.2) is 76.9 Å². The summed E-state index contributed by atoms with van der Waals surface area (Å²) in [6, 6.07) is -3.57. The van der Waals surface area contributed by atoms with Crippen molar-refractivity contribution in [3.63, 3.8) is 0 Å². The van der Waals surface area contributed by atoms with Gasteiger partial charge in [0.15, 0.2) is 5.96 Å². The molecule has 9 N–H and O–H groups in total. The molecule has 0 aliphatic carbocycles. The number of aliphatic imine (C=N–C) groups is 1. The molecule has 3 amide bonds. The number of rotatable bonds is 12. The van der Waals surface area contributed by atoms with Crippen molar-refractivity contribution in [3.8, 4) is 0 Å². The summed E-state index contributed by atoms with van der Waals surface area (Å²) >= 11 is 0. The molecule has 32 heavy (non-hydrogen) atoms. The maximum atomic E-state index is 12.9. The van der Waals surface area contributed by atoms with Gasteiger partial charge in [-0.2, -0.15) is 0 Å². The summed E-state index contributed by atoms with van der Waals surface area (Å²) in [5.74, 6) is -2.97. The molecule has 12 nitrogen and oxygen atoms in total. The van der Waals surface area contributed by atoms with Gasteiger partial charge in [-0.1, -0.05) is 20.3 Å². The first-order chi connectivity index (χ1) is 15.0. The molecule has 1 aliphatic heterocycles. The lowest BCUT2D eigenvalue weighted by atomic mass is 9.98. The monoisotopic (exact) mass is 455 g/mol. The van der Waals surface area contributed by atoms with E-state index in [4.69, 9.17) is 17.2 Å². The molecular weight excluding hydrogens is 418 g/mol. The van der Waals surface area contributed by atoms with Gasteiger partial charge < -0.3 is 37.8 Å². The molecular formula is C20H37N7O5. The number of guanidine groups is 1. The third-order valence-corrected chi connectivity index (χ3v) is 5.58. The fourth-order valence-electron chi connectivity index (χ4n) is 3.54. The molecule has 5 atom stereocenters. The zero-order valence-electron chi connectivity index (χ0n) is 19.0. The third kappa shape index (κ3) is 7.98. The Bertz CT molecular complexity index is 708. The molecule has 1 aliphatic rings. The summed E-state index contributed by atoms with van der Waals surface area (Å²) in [5.41, 5.74) is 16.3. The molecule has 5 unspecified atom stereocenters. The SMILES string of the molecule is CCC(C)C(NC(=O)C(CCCN=C(N)N)NC(=O)C1CCCN1C(=O)C(C)N)C(=O)O. The summed E-state index contributed by atoms with van der Waals surface area (Å²) in [6.07, 6.45) is 2.22. The Morgan fingerprint density at radius 2 is 1.84 bits per heavy atom. The Labute approximate surface area is 188 Å². The van der Waals surface area contributed by atoms with E-state index < -0.39 is 42.0 Å². The molecule has 182 valence electrons. The van der Waals surface area contributed by atoms with Crippen molar-refractivity contribution < 1.29 is 24.3 Å². The first kappa shape index (κ1) is 27.1. The summed E-state index contributed by atoms with van der Waals surface area (Å²) in [4.78, 5) is 55.1. The van der Waals surface area contributed by atoms with Crippen LogP contribution < -0.4 is 27.8 Å². The number of amides is 3. The molecule has 1 saturated heterocycles. The van der Waals surface area contributed by atoms with Gasteiger partial charge in [0.2, 0.25) is 17.7 Å². The van der Waals surface area contributed by atoms with E-state index in [0.29, 0.717) is 32.2 Å². The van der Waals surface area contributed by atoms with Crippen LogP contribution in [0.4, 0.5) is 0 Å². The number of aliphatic carboxylic acids is 1. The van der Waals surface area contributed by atoms with E-state index in [-0.39, 0.29) is 30.8 Å². The van der Waals surface area contributed by atoms with Gasteiger partial charge >= 0.3 is 5.97 Å². The van der Waals surface area contributed by atoms with Crippen LogP contribution in [0, 0.1) is 5.92 Å². The number of likely N-dealkylation sites (tertiary alicyclic amines) is 1. The van der Waals surface area contributed by atoms with E-state index in [2.05, 4.69) is 15.6 Å². The van der Waals surface area contributed by atoms with Gasteiger partial charge in [-0.25, -0.2) is 4.79 Å². The van der Waals surface area contributed by atoms with Crippen molar-refractivity contribution in [1.29, 1.82) is 0 Å². The quantitative estimate of drug-likeness (QED) is 0.115. The lowest BCUT2D eigenvalue weighted by Gasteiger charge is -2.28. The van der Waals surface area contributed by atoms with Gasteiger partial charge in [-0.05, 0) is 38.5 Å². The van der Waals surface area contributed by atoms with E-state index in [1.165, 1.54) is 4.90 Å². The molecule has 0 spiro atoms. The number of nitrogens with two attached hydrogens (primary N) is 3. The molecule has 0 bridgehead atoms. The highest BCUT2D eigenvalue weighted by molar-refractivity contribution is 5.94. The smallest absolute Gasteiger partial charge is 0.326 e. The highest BCUT2D eigenvalue weighted by Gasteiger charge is 2.37. The molecule has 1 heterocycles. The summed E-state index contributed by atoms with van der Waals surface area (Å²) in [5, 5.41) is 14.7. The van der Waals surface area contributed by atoms with Gasteiger partial charge in [0, 0.05) is 13.1 Å². The van der Waals surface area contributed by atoms with Crippen molar-refractivity contribution in [2.24, 2.45) is 28.1 Å². The van der Waals surface area contributed by atoms with Crippen LogP contribution in [0.1, 0.15) is 52.9 Å². The van der Waals surface area contributed by atoms with Crippen molar-refractivity contribution >= 4 is 29.7 Å². The van der Waals surface area contributed by atoms with Crippen LogP contribution in [0.3, 0.4) is 0 Å². The van der Waals surface area contributed by atoms with E-state index in [0.717, 1.165) is 0 Å². The molecule has 0 aromatic rings. The standard InChI is InChI=1S/C20H37N7O5/c1-4-11(2)15(19(31)32)26-16(28)13(7-5-9-24-20(22)23)25-17(29)14-8-6-10-27(14)18(30)12(3)21/h11-15H,4-10,21H2,1-3H3,(H,25,29)(H,26,28)(H,31,32)(H4,22,23,24). The maximum Gasteiger partial charge on any atom is 0.326 e. The lowest BCUT2D eigenvalue weighted by Crippen LogP contribution is -2.57. The van der Waals surface area contributed by atoms with Crippen molar-refractivity contribution in [2.45, 2.75) is 77.0 Å². The molecule has 12 heteroatoms. The number of nitrogens with zero attached hydrogens (tertiary/aromatic N) is 2. The molecule has 0 aromatic heterocycles. The second kappa shape index (κ2) is 12.8. The highest BCUT2D eigenvalue weighted by atomic mass is 16.4. The average molecular weight is 456 g/mol. The second-order valence-corrected chi connectivity index (χ2v) is 8.20. The first-order valence-corrected chi connectivity index (χ1v) is 10.9. The number of hydrogen-bond acceptors (Lipinski definition) is 6. The lowest BCUT2D eigenvalue weighted by molar-refractivity contribution is -0.144. The van der Waals surface area contributed by atoms with Crippen LogP contribution in [0.5, 0.6) is 0 Å². The topological polar surface area (TPSA) is 206 Å². The number of hydrogen-bond donors (Lipinski definition) is 6. The normalized spacial score (nSPS) is 19.4. The zero-order valence-corrected chi connectivity index (χ0v) is 19.0. The number of carbonyl (C=O) groups is 4. The fourth-order valence-corrected chi connectivity index (χ4v) is 3.54. The molecule has 1 rings (SSSR count). The Morgan fingerprint density at radius 3 is 2.38 bits per heavy atom. The van der Waals surface area contributed by atoms with Crippen molar-refractivity contribution in [1.82, 2.24) is 15.5 Å². The summed E-state index contributed by atoms with van der Waals surface area (Å²) in [6.45, 7) is 5.76. The first-order valence-electron chi connectivity index (χ1n) is 10.9. The molecule has 0 aromatic carbocycles. The Morgan fingerprint density at radius 1 is 1.19 bits per heavy atom. The van der Waals surface area contributed by atoms with Crippen LogP contribution >= 0.6 is 0 Å². The van der Waals surface area contributed by atoms with Crippen LogP contribution in [0.25, 0.3) is 0 Å². The van der Waals surface area contributed by atoms with Gasteiger partial charge in [-0.3, -0.25) is 19.4 Å². The van der Waals surface area contributed by atoms with Crippen LogP contribution in [-0.2, 0) is 19.2 Å². The van der Waals surface area contributed by atoms with Crippen LogP contribution in [0.15, 0.2) is 4.99 Å².